The SMILES string of the molecule is O=C1N=C(N2CCOCC2)SC1=Cc1ccccn1. The molecule has 1 aromatic rings. The molecule has 1 fully saturated rings. The average Bonchev–Trinajstić information content (AvgIpc) is 2.82. The molecule has 1 aromatic heterocycles. The summed E-state index contributed by atoms with van der Waals surface area (Å²) in [6, 6.07) is 5.61. The van der Waals surface area contributed by atoms with E-state index in [-0.39, 0.29) is 5.91 Å². The van der Waals surface area contributed by atoms with Crippen LogP contribution in [0.2, 0.25) is 0 Å². The number of nitrogens with zero attached hydrogens (tertiary/aromatic N) is 3. The zero-order chi connectivity index (χ0) is 13.1. The van der Waals surface area contributed by atoms with Gasteiger partial charge in [0.1, 0.15) is 0 Å². The largest absolute Gasteiger partial charge is 0.378 e. The van der Waals surface area contributed by atoms with Gasteiger partial charge >= 0.3 is 0 Å². The van der Waals surface area contributed by atoms with E-state index in [2.05, 4.69) is 14.9 Å². The van der Waals surface area contributed by atoms with E-state index in [9.17, 15) is 4.79 Å². The summed E-state index contributed by atoms with van der Waals surface area (Å²) in [7, 11) is 0. The Hall–Kier alpha value is -1.66. The molecule has 19 heavy (non-hydrogen) atoms. The molecule has 0 bridgehead atoms. The molecule has 0 spiro atoms. The van der Waals surface area contributed by atoms with E-state index in [1.165, 1.54) is 11.8 Å². The van der Waals surface area contributed by atoms with Gasteiger partial charge in [-0.15, -0.1) is 0 Å². The van der Waals surface area contributed by atoms with E-state index in [1.54, 1.807) is 12.3 Å². The molecular weight excluding hydrogens is 262 g/mol. The number of pyridine rings is 1. The number of aromatic nitrogens is 1. The van der Waals surface area contributed by atoms with Crippen molar-refractivity contribution in [1.82, 2.24) is 9.88 Å². The summed E-state index contributed by atoms with van der Waals surface area (Å²) in [6.45, 7) is 2.95. The molecule has 1 amide bonds. The summed E-state index contributed by atoms with van der Waals surface area (Å²) < 4.78 is 5.29. The molecule has 6 heteroatoms. The number of thioether (sulfide) groups is 1. The zero-order valence-corrected chi connectivity index (χ0v) is 11.1. The number of hydrogen-bond donors (Lipinski definition) is 0. The van der Waals surface area contributed by atoms with Crippen LogP contribution in [0.1, 0.15) is 5.69 Å². The summed E-state index contributed by atoms with van der Waals surface area (Å²) in [5.74, 6) is -0.183. The third-order valence-corrected chi connectivity index (χ3v) is 3.90. The van der Waals surface area contributed by atoms with Gasteiger partial charge in [0, 0.05) is 19.3 Å². The second-order valence-corrected chi connectivity index (χ2v) is 5.17. The van der Waals surface area contributed by atoms with E-state index in [0.717, 1.165) is 24.0 Å². The molecule has 0 saturated carbocycles. The van der Waals surface area contributed by atoms with Gasteiger partial charge in [-0.05, 0) is 30.0 Å². The quantitative estimate of drug-likeness (QED) is 0.725. The zero-order valence-electron chi connectivity index (χ0n) is 10.3. The Morgan fingerprint density at radius 3 is 2.89 bits per heavy atom. The normalized spacial score (nSPS) is 21.9. The lowest BCUT2D eigenvalue weighted by atomic mass is 10.3. The van der Waals surface area contributed by atoms with Crippen LogP contribution in [-0.4, -0.2) is 47.3 Å². The first-order chi connectivity index (χ1) is 9.33. The minimum Gasteiger partial charge on any atom is -0.378 e. The summed E-state index contributed by atoms with van der Waals surface area (Å²) in [4.78, 5) is 22.9. The van der Waals surface area contributed by atoms with Crippen LogP contribution in [0, 0.1) is 0 Å². The van der Waals surface area contributed by atoms with Crippen molar-refractivity contribution in [2.45, 2.75) is 0 Å². The van der Waals surface area contributed by atoms with Crippen molar-refractivity contribution < 1.29 is 9.53 Å². The van der Waals surface area contributed by atoms with Crippen molar-refractivity contribution in [3.8, 4) is 0 Å². The third-order valence-electron chi connectivity index (χ3n) is 2.86. The van der Waals surface area contributed by atoms with Gasteiger partial charge in [-0.3, -0.25) is 9.78 Å². The second-order valence-electron chi connectivity index (χ2n) is 4.16. The predicted molar refractivity (Wildman–Crippen MR) is 74.6 cm³/mol. The maximum Gasteiger partial charge on any atom is 0.286 e. The van der Waals surface area contributed by atoms with Crippen molar-refractivity contribution in [1.29, 1.82) is 0 Å². The van der Waals surface area contributed by atoms with Gasteiger partial charge in [-0.2, -0.15) is 4.99 Å². The lowest BCUT2D eigenvalue weighted by Gasteiger charge is -2.27. The van der Waals surface area contributed by atoms with Crippen molar-refractivity contribution in [3.05, 3.63) is 35.0 Å². The number of hydrogen-bond acceptors (Lipinski definition) is 5. The van der Waals surface area contributed by atoms with Gasteiger partial charge in [-0.25, -0.2) is 0 Å². The molecule has 5 nitrogen and oxygen atoms in total. The first-order valence-corrected chi connectivity index (χ1v) is 6.91. The third kappa shape index (κ3) is 2.85. The van der Waals surface area contributed by atoms with Crippen molar-refractivity contribution >= 4 is 28.9 Å². The average molecular weight is 275 g/mol. The predicted octanol–water partition coefficient (Wildman–Crippen LogP) is 1.38. The number of carbonyl (C=O) groups excluding carboxylic acids is 1. The van der Waals surface area contributed by atoms with Crippen LogP contribution in [0.3, 0.4) is 0 Å². The maximum atomic E-state index is 11.9. The number of ether oxygens (including phenoxy) is 1. The molecule has 0 aromatic carbocycles. The van der Waals surface area contributed by atoms with Crippen molar-refractivity contribution in [3.63, 3.8) is 0 Å². The summed E-state index contributed by atoms with van der Waals surface area (Å²) in [6.07, 6.45) is 3.49. The summed E-state index contributed by atoms with van der Waals surface area (Å²) >= 11 is 1.41. The van der Waals surface area contributed by atoms with Crippen LogP contribution in [-0.2, 0) is 9.53 Å². The first kappa shape index (κ1) is 12.4. The molecule has 0 aliphatic carbocycles. The highest BCUT2D eigenvalue weighted by Gasteiger charge is 2.27. The van der Waals surface area contributed by atoms with Crippen molar-refractivity contribution in [2.75, 3.05) is 26.3 Å². The van der Waals surface area contributed by atoms with Crippen LogP contribution in [0.5, 0.6) is 0 Å². The van der Waals surface area contributed by atoms with Gasteiger partial charge in [0.05, 0.1) is 23.8 Å². The maximum absolute atomic E-state index is 11.9. The molecule has 0 atom stereocenters. The number of amides is 1. The molecule has 1 saturated heterocycles. The first-order valence-electron chi connectivity index (χ1n) is 6.09. The number of rotatable bonds is 1. The topological polar surface area (TPSA) is 54.8 Å². The lowest BCUT2D eigenvalue weighted by molar-refractivity contribution is -0.113. The number of amidine groups is 1. The highest BCUT2D eigenvalue weighted by molar-refractivity contribution is 8.18. The monoisotopic (exact) mass is 275 g/mol. The summed E-state index contributed by atoms with van der Waals surface area (Å²) in [5, 5.41) is 0.774. The fourth-order valence-corrected chi connectivity index (χ4v) is 2.83. The van der Waals surface area contributed by atoms with E-state index in [4.69, 9.17) is 4.74 Å². The Morgan fingerprint density at radius 2 is 2.16 bits per heavy atom. The van der Waals surface area contributed by atoms with E-state index in [0.29, 0.717) is 18.1 Å². The molecule has 2 aliphatic rings. The van der Waals surface area contributed by atoms with Crippen LogP contribution in [0.25, 0.3) is 6.08 Å². The Kier molecular flexibility index (Phi) is 3.61. The molecule has 98 valence electrons. The minimum absolute atomic E-state index is 0.183. The van der Waals surface area contributed by atoms with Gasteiger partial charge in [0.15, 0.2) is 5.17 Å². The number of carbonyl (C=O) groups is 1. The van der Waals surface area contributed by atoms with E-state index >= 15 is 0 Å². The van der Waals surface area contributed by atoms with Crippen LogP contribution in [0.15, 0.2) is 34.3 Å². The fraction of sp³-hybridized carbons (Fsp3) is 0.308. The van der Waals surface area contributed by atoms with E-state index < -0.39 is 0 Å². The van der Waals surface area contributed by atoms with Crippen LogP contribution < -0.4 is 0 Å². The molecule has 0 radical (unpaired) electrons. The lowest BCUT2D eigenvalue weighted by Crippen LogP contribution is -2.38. The van der Waals surface area contributed by atoms with E-state index in [1.807, 2.05) is 18.2 Å². The Balaban J connectivity index is 1.74. The van der Waals surface area contributed by atoms with Crippen molar-refractivity contribution in [2.24, 2.45) is 4.99 Å². The smallest absolute Gasteiger partial charge is 0.286 e. The van der Waals surface area contributed by atoms with Crippen LogP contribution >= 0.6 is 11.8 Å². The van der Waals surface area contributed by atoms with Gasteiger partial charge in [0.25, 0.3) is 5.91 Å². The number of morpholine rings is 1. The highest BCUT2D eigenvalue weighted by atomic mass is 32.2. The molecule has 0 unspecified atom stereocenters. The molecule has 2 aliphatic heterocycles. The Bertz CT molecular complexity index is 536. The van der Waals surface area contributed by atoms with Gasteiger partial charge in [0.2, 0.25) is 0 Å². The minimum atomic E-state index is -0.183. The Morgan fingerprint density at radius 1 is 1.32 bits per heavy atom. The number of aliphatic imine (C=N–C) groups is 1. The van der Waals surface area contributed by atoms with Crippen LogP contribution in [0.4, 0.5) is 0 Å². The Labute approximate surface area is 115 Å². The molecular formula is C13H13N3O2S. The molecule has 3 rings (SSSR count). The standard InChI is InChI=1S/C13H13N3O2S/c17-12-11(9-10-3-1-2-4-14-10)19-13(15-12)16-5-7-18-8-6-16/h1-4,9H,5-8H2. The second kappa shape index (κ2) is 5.54. The van der Waals surface area contributed by atoms with Gasteiger partial charge in [-0.1, -0.05) is 6.07 Å². The molecule has 3 heterocycles. The fourth-order valence-electron chi connectivity index (χ4n) is 1.88. The summed E-state index contributed by atoms with van der Waals surface area (Å²) in [5.41, 5.74) is 0.775. The van der Waals surface area contributed by atoms with Gasteiger partial charge < -0.3 is 9.64 Å². The molecule has 0 N–H and O–H groups in total. The highest BCUT2D eigenvalue weighted by Crippen LogP contribution is 2.30.